The number of likely N-dealkylation sites (N-methyl/N-ethyl adjacent to an activating group) is 1. The second kappa shape index (κ2) is 4.97. The van der Waals surface area contributed by atoms with Gasteiger partial charge in [-0.15, -0.1) is 0 Å². The number of nitrogens with one attached hydrogen (secondary N) is 1. The third-order valence-corrected chi connectivity index (χ3v) is 6.24. The zero-order valence-corrected chi connectivity index (χ0v) is 12.0. The molecular formula is C13H19N3O2S. The number of nitriles is 1. The van der Waals surface area contributed by atoms with Crippen LogP contribution in [-0.4, -0.2) is 34.7 Å². The molecule has 6 heteroatoms. The summed E-state index contributed by atoms with van der Waals surface area (Å²) < 4.78 is 16.9. The first-order chi connectivity index (χ1) is 8.95. The van der Waals surface area contributed by atoms with E-state index >= 15 is 0 Å². The van der Waals surface area contributed by atoms with Gasteiger partial charge in [0.25, 0.3) is 0 Å². The Bertz CT molecular complexity index is 549. The van der Waals surface area contributed by atoms with Gasteiger partial charge in [0.05, 0.1) is 17.5 Å². The van der Waals surface area contributed by atoms with E-state index in [2.05, 4.69) is 22.3 Å². The normalized spacial score (nSPS) is 34.1. The Kier molecular flexibility index (Phi) is 3.68. The summed E-state index contributed by atoms with van der Waals surface area (Å²) in [4.78, 5) is 11.7. The van der Waals surface area contributed by atoms with E-state index in [1.165, 1.54) is 7.05 Å². The van der Waals surface area contributed by atoms with Crippen LogP contribution in [0.1, 0.15) is 25.7 Å². The number of carbonyl (C=O) groups is 1. The molecule has 104 valence electrons. The summed E-state index contributed by atoms with van der Waals surface area (Å²) >= 11 is 0. The van der Waals surface area contributed by atoms with Gasteiger partial charge in [-0.1, -0.05) is 6.58 Å². The average Bonchev–Trinajstić information content (AvgIpc) is 3.22. The summed E-state index contributed by atoms with van der Waals surface area (Å²) in [6, 6.07) is 2.48. The predicted octanol–water partition coefficient (Wildman–Crippen LogP) is 1.22. The summed E-state index contributed by atoms with van der Waals surface area (Å²) in [5.41, 5.74) is -0.592. The fourth-order valence-corrected chi connectivity index (χ4v) is 4.80. The minimum Gasteiger partial charge on any atom is -0.355 e. The van der Waals surface area contributed by atoms with Gasteiger partial charge < -0.3 is 5.32 Å². The molecule has 1 saturated heterocycles. The van der Waals surface area contributed by atoms with Gasteiger partial charge in [-0.2, -0.15) is 5.26 Å². The van der Waals surface area contributed by atoms with Crippen LogP contribution in [0.4, 0.5) is 0 Å². The molecule has 0 unspecified atom stereocenters. The molecule has 5 nitrogen and oxygen atoms in total. The van der Waals surface area contributed by atoms with Crippen molar-refractivity contribution in [2.45, 2.75) is 31.7 Å². The Balaban J connectivity index is 2.16. The second-order valence-corrected chi connectivity index (χ2v) is 7.84. The molecule has 2 aliphatic rings. The van der Waals surface area contributed by atoms with Crippen molar-refractivity contribution in [1.82, 2.24) is 5.32 Å². The topological polar surface area (TPSA) is 82.3 Å². The molecule has 1 saturated carbocycles. The van der Waals surface area contributed by atoms with E-state index in [1.807, 2.05) is 0 Å². The van der Waals surface area contributed by atoms with Gasteiger partial charge in [0.1, 0.15) is 0 Å². The maximum Gasteiger partial charge on any atom is 0.247 e. The van der Waals surface area contributed by atoms with Crippen LogP contribution in [0.2, 0.25) is 0 Å². The van der Waals surface area contributed by atoms with Gasteiger partial charge in [0.15, 0.2) is 0 Å². The molecule has 0 spiro atoms. The van der Waals surface area contributed by atoms with Crippen LogP contribution in [0.25, 0.3) is 0 Å². The first-order valence-corrected chi connectivity index (χ1v) is 8.34. The zero-order valence-electron chi connectivity index (χ0n) is 11.1. The van der Waals surface area contributed by atoms with Crippen LogP contribution in [0.15, 0.2) is 16.5 Å². The third kappa shape index (κ3) is 2.81. The molecule has 0 aromatic carbocycles. The first kappa shape index (κ1) is 14.1. The van der Waals surface area contributed by atoms with Crippen LogP contribution in [0.3, 0.4) is 0 Å². The molecule has 2 fully saturated rings. The molecule has 0 aromatic heterocycles. The highest BCUT2D eigenvalue weighted by Gasteiger charge is 2.42. The number of amides is 1. The van der Waals surface area contributed by atoms with Crippen molar-refractivity contribution in [1.29, 1.82) is 5.26 Å². The van der Waals surface area contributed by atoms with Crippen LogP contribution >= 0.6 is 0 Å². The maximum absolute atomic E-state index is 12.5. The molecular weight excluding hydrogens is 262 g/mol. The van der Waals surface area contributed by atoms with Gasteiger partial charge in [-0.05, 0) is 25.7 Å². The zero-order chi connectivity index (χ0) is 14.1. The van der Waals surface area contributed by atoms with E-state index in [0.717, 1.165) is 12.8 Å². The van der Waals surface area contributed by atoms with Crippen molar-refractivity contribution in [3.63, 3.8) is 0 Å². The second-order valence-electron chi connectivity index (χ2n) is 5.27. The lowest BCUT2D eigenvalue weighted by atomic mass is 9.76. The minimum absolute atomic E-state index is 0.268. The quantitative estimate of drug-likeness (QED) is 0.790. The monoisotopic (exact) mass is 281 g/mol. The first-order valence-electron chi connectivity index (χ1n) is 6.49. The van der Waals surface area contributed by atoms with Crippen LogP contribution < -0.4 is 5.32 Å². The Morgan fingerprint density at radius 1 is 1.47 bits per heavy atom. The summed E-state index contributed by atoms with van der Waals surface area (Å²) in [6.45, 7) is 3.76. The Hall–Kier alpha value is -1.35. The Morgan fingerprint density at radius 3 is 2.47 bits per heavy atom. The van der Waals surface area contributed by atoms with Crippen molar-refractivity contribution >= 4 is 15.6 Å². The molecule has 1 aliphatic carbocycles. The highest BCUT2D eigenvalue weighted by atomic mass is 32.2. The number of hydrogen-bond acceptors (Lipinski definition) is 4. The fraction of sp³-hybridized carbons (Fsp3) is 0.692. The Morgan fingerprint density at radius 2 is 2.05 bits per heavy atom. The maximum atomic E-state index is 12.5. The predicted molar refractivity (Wildman–Crippen MR) is 73.8 cm³/mol. The molecule has 0 bridgehead atoms. The summed E-state index contributed by atoms with van der Waals surface area (Å²) in [5.74, 6) is 0.481. The summed E-state index contributed by atoms with van der Waals surface area (Å²) in [7, 11) is -0.652. The molecule has 1 amide bonds. The van der Waals surface area contributed by atoms with Gasteiger partial charge in [-0.25, -0.2) is 8.57 Å². The molecule has 0 atom stereocenters. The van der Waals surface area contributed by atoms with Crippen molar-refractivity contribution in [3.05, 3.63) is 12.2 Å². The van der Waals surface area contributed by atoms with Crippen LogP contribution in [-0.2, 0) is 14.5 Å². The van der Waals surface area contributed by atoms with Crippen molar-refractivity contribution in [2.75, 3.05) is 18.6 Å². The third-order valence-electron chi connectivity index (χ3n) is 3.88. The number of carbonyl (C=O) groups excluding carboxylic acids is 1. The van der Waals surface area contributed by atoms with E-state index < -0.39 is 15.1 Å². The van der Waals surface area contributed by atoms with Crippen LogP contribution in [0.5, 0.6) is 0 Å². The van der Waals surface area contributed by atoms with Crippen molar-refractivity contribution in [2.24, 2.45) is 9.78 Å². The lowest BCUT2D eigenvalue weighted by molar-refractivity contribution is -0.117. The largest absolute Gasteiger partial charge is 0.355 e. The molecule has 2 rings (SSSR count). The van der Waals surface area contributed by atoms with E-state index in [9.17, 15) is 14.3 Å². The Labute approximate surface area is 114 Å². The average molecular weight is 281 g/mol. The smallest absolute Gasteiger partial charge is 0.247 e. The van der Waals surface area contributed by atoms with Gasteiger partial charge >= 0.3 is 0 Å². The molecule has 19 heavy (non-hydrogen) atoms. The molecule has 1 N–H and O–H groups in total. The van der Waals surface area contributed by atoms with E-state index in [4.69, 9.17) is 0 Å². The van der Waals surface area contributed by atoms with E-state index in [1.54, 1.807) is 0 Å². The summed E-state index contributed by atoms with van der Waals surface area (Å²) in [6.07, 6.45) is 2.88. The lowest BCUT2D eigenvalue weighted by Gasteiger charge is -2.33. The van der Waals surface area contributed by atoms with E-state index in [-0.39, 0.29) is 17.5 Å². The van der Waals surface area contributed by atoms with Crippen molar-refractivity contribution in [3.8, 4) is 6.07 Å². The van der Waals surface area contributed by atoms with Crippen LogP contribution in [0, 0.1) is 16.7 Å². The minimum atomic E-state index is -2.17. The fourth-order valence-electron chi connectivity index (χ4n) is 2.30. The number of rotatable bonds is 3. The van der Waals surface area contributed by atoms with Gasteiger partial charge in [0.2, 0.25) is 5.91 Å². The summed E-state index contributed by atoms with van der Waals surface area (Å²) in [5, 5.41) is 11.9. The van der Waals surface area contributed by atoms with Gasteiger partial charge in [-0.3, -0.25) is 4.79 Å². The van der Waals surface area contributed by atoms with Crippen molar-refractivity contribution < 1.29 is 9.00 Å². The highest BCUT2D eigenvalue weighted by Crippen LogP contribution is 2.39. The van der Waals surface area contributed by atoms with E-state index in [0.29, 0.717) is 24.3 Å². The number of nitrogens with zero attached hydrogens (tertiary/aromatic N) is 2. The molecule has 1 heterocycles. The lowest BCUT2D eigenvalue weighted by Crippen LogP contribution is -2.38. The van der Waals surface area contributed by atoms with Gasteiger partial charge in [0, 0.05) is 33.9 Å². The standard InChI is InChI=1S/C13H19N3O2S/c1-10(12(17)15-2)13(9-14)5-7-19(18,8-6-13)16-11-3-4-11/h11H,1,3-8H2,2H3,(H,15,17). The number of hydrogen-bond donors (Lipinski definition) is 1. The SMILES string of the molecule is C=C(C(=O)NC)C1(C#N)CCS(=O)(=NC2CC2)CC1. The highest BCUT2D eigenvalue weighted by molar-refractivity contribution is 7.93. The molecule has 0 aromatic rings. The molecule has 0 radical (unpaired) electrons. The molecule has 1 aliphatic heterocycles.